The zero-order valence-electron chi connectivity index (χ0n) is 10.7. The van der Waals surface area contributed by atoms with Gasteiger partial charge in [-0.15, -0.1) is 0 Å². The van der Waals surface area contributed by atoms with Gasteiger partial charge in [0.2, 0.25) is 0 Å². The van der Waals surface area contributed by atoms with Crippen LogP contribution in [0.3, 0.4) is 0 Å². The number of pyridine rings is 1. The molecule has 0 aliphatic carbocycles. The minimum absolute atomic E-state index is 0.334. The molecule has 0 bridgehead atoms. The molecule has 1 aromatic rings. The Morgan fingerprint density at radius 1 is 1.24 bits per heavy atom. The second kappa shape index (κ2) is 9.10. The van der Waals surface area contributed by atoms with Crippen LogP contribution in [-0.4, -0.2) is 38.5 Å². The molecule has 1 rings (SSSR count). The Kier molecular flexibility index (Phi) is 7.54. The molecule has 17 heavy (non-hydrogen) atoms. The number of methoxy groups -OCH3 is 1. The van der Waals surface area contributed by atoms with Crippen LogP contribution < -0.4 is 5.32 Å². The van der Waals surface area contributed by atoms with Crippen molar-refractivity contribution in [1.29, 1.82) is 0 Å². The Morgan fingerprint density at radius 3 is 2.71 bits per heavy atom. The average Bonchev–Trinajstić information content (AvgIpc) is 2.38. The lowest BCUT2D eigenvalue weighted by Crippen LogP contribution is -2.23. The summed E-state index contributed by atoms with van der Waals surface area (Å²) in [6.45, 7) is 5.26. The fourth-order valence-electron chi connectivity index (χ4n) is 1.52. The fraction of sp³-hybridized carbons (Fsp3) is 0.615. The SMILES string of the molecule is COCCCOCCN[C@@H](C)c1ccncc1. The molecule has 0 aliphatic rings. The van der Waals surface area contributed by atoms with E-state index in [1.54, 1.807) is 7.11 Å². The Morgan fingerprint density at radius 2 is 2.00 bits per heavy atom. The van der Waals surface area contributed by atoms with Gasteiger partial charge >= 0.3 is 0 Å². The third-order valence-corrected chi connectivity index (χ3v) is 2.54. The van der Waals surface area contributed by atoms with Crippen molar-refractivity contribution < 1.29 is 9.47 Å². The molecule has 1 aromatic heterocycles. The van der Waals surface area contributed by atoms with Gasteiger partial charge in [-0.25, -0.2) is 0 Å². The van der Waals surface area contributed by atoms with Gasteiger partial charge in [-0.05, 0) is 31.0 Å². The minimum Gasteiger partial charge on any atom is -0.385 e. The third kappa shape index (κ3) is 6.36. The van der Waals surface area contributed by atoms with E-state index in [0.29, 0.717) is 6.04 Å². The van der Waals surface area contributed by atoms with Crippen molar-refractivity contribution >= 4 is 0 Å². The number of nitrogens with zero attached hydrogens (tertiary/aromatic N) is 1. The highest BCUT2D eigenvalue weighted by atomic mass is 16.5. The summed E-state index contributed by atoms with van der Waals surface area (Å²) >= 11 is 0. The molecule has 1 N–H and O–H groups in total. The summed E-state index contributed by atoms with van der Waals surface area (Å²) in [6.07, 6.45) is 4.58. The smallest absolute Gasteiger partial charge is 0.0591 e. The first-order chi connectivity index (χ1) is 8.34. The molecule has 96 valence electrons. The fourth-order valence-corrected chi connectivity index (χ4v) is 1.52. The molecule has 0 spiro atoms. The van der Waals surface area contributed by atoms with Gasteiger partial charge in [0, 0.05) is 45.3 Å². The van der Waals surface area contributed by atoms with Crippen LogP contribution in [0.5, 0.6) is 0 Å². The molecule has 1 heterocycles. The van der Waals surface area contributed by atoms with E-state index in [1.165, 1.54) is 5.56 Å². The average molecular weight is 238 g/mol. The van der Waals surface area contributed by atoms with Crippen molar-refractivity contribution in [3.8, 4) is 0 Å². The van der Waals surface area contributed by atoms with Gasteiger partial charge < -0.3 is 14.8 Å². The maximum atomic E-state index is 5.47. The van der Waals surface area contributed by atoms with Crippen LogP contribution >= 0.6 is 0 Å². The minimum atomic E-state index is 0.334. The molecule has 0 radical (unpaired) electrons. The van der Waals surface area contributed by atoms with Gasteiger partial charge in [-0.3, -0.25) is 4.98 Å². The molecule has 4 heteroatoms. The molecule has 0 unspecified atom stereocenters. The Hall–Kier alpha value is -0.970. The number of nitrogens with one attached hydrogen (secondary N) is 1. The van der Waals surface area contributed by atoms with Crippen molar-refractivity contribution in [2.75, 3.05) is 33.5 Å². The molecule has 0 amide bonds. The Balaban J connectivity index is 2.03. The summed E-state index contributed by atoms with van der Waals surface area (Å²) in [5.41, 5.74) is 1.25. The van der Waals surface area contributed by atoms with Crippen molar-refractivity contribution in [2.45, 2.75) is 19.4 Å². The van der Waals surface area contributed by atoms with Crippen LogP contribution in [0.1, 0.15) is 24.9 Å². The summed E-state index contributed by atoms with van der Waals surface area (Å²) in [5.74, 6) is 0. The Bertz CT molecular complexity index is 280. The van der Waals surface area contributed by atoms with Crippen LogP contribution in [0.15, 0.2) is 24.5 Å². The van der Waals surface area contributed by atoms with E-state index in [4.69, 9.17) is 9.47 Å². The van der Waals surface area contributed by atoms with E-state index in [-0.39, 0.29) is 0 Å². The van der Waals surface area contributed by atoms with Gasteiger partial charge in [-0.1, -0.05) is 0 Å². The molecule has 0 saturated carbocycles. The van der Waals surface area contributed by atoms with Crippen LogP contribution in [0.2, 0.25) is 0 Å². The summed E-state index contributed by atoms with van der Waals surface area (Å²) < 4.78 is 10.4. The molecule has 0 saturated heterocycles. The molecule has 0 fully saturated rings. The van der Waals surface area contributed by atoms with Gasteiger partial charge in [0.1, 0.15) is 0 Å². The number of hydrogen-bond donors (Lipinski definition) is 1. The van der Waals surface area contributed by atoms with Crippen molar-refractivity contribution in [3.05, 3.63) is 30.1 Å². The summed E-state index contributed by atoms with van der Waals surface area (Å²) in [7, 11) is 1.71. The first kappa shape index (κ1) is 14.1. The quantitative estimate of drug-likeness (QED) is 0.666. The van der Waals surface area contributed by atoms with Gasteiger partial charge in [0.05, 0.1) is 6.61 Å². The molecule has 4 nitrogen and oxygen atoms in total. The highest BCUT2D eigenvalue weighted by Gasteiger charge is 2.02. The predicted molar refractivity (Wildman–Crippen MR) is 68.0 cm³/mol. The second-order valence-electron chi connectivity index (χ2n) is 3.92. The predicted octanol–water partition coefficient (Wildman–Crippen LogP) is 1.79. The number of aromatic nitrogens is 1. The normalized spacial score (nSPS) is 12.6. The van der Waals surface area contributed by atoms with Crippen molar-refractivity contribution in [1.82, 2.24) is 10.3 Å². The van der Waals surface area contributed by atoms with E-state index in [1.807, 2.05) is 24.5 Å². The largest absolute Gasteiger partial charge is 0.385 e. The number of ether oxygens (including phenoxy) is 2. The lowest BCUT2D eigenvalue weighted by molar-refractivity contribution is 0.103. The highest BCUT2D eigenvalue weighted by Crippen LogP contribution is 2.09. The second-order valence-corrected chi connectivity index (χ2v) is 3.92. The lowest BCUT2D eigenvalue weighted by Gasteiger charge is -2.13. The number of rotatable bonds is 9. The summed E-state index contributed by atoms with van der Waals surface area (Å²) in [6, 6.07) is 4.38. The van der Waals surface area contributed by atoms with Crippen LogP contribution in [0.4, 0.5) is 0 Å². The van der Waals surface area contributed by atoms with E-state index >= 15 is 0 Å². The highest BCUT2D eigenvalue weighted by molar-refractivity contribution is 5.13. The van der Waals surface area contributed by atoms with Crippen molar-refractivity contribution in [3.63, 3.8) is 0 Å². The first-order valence-corrected chi connectivity index (χ1v) is 6.04. The summed E-state index contributed by atoms with van der Waals surface area (Å²) in [4.78, 5) is 4.00. The van der Waals surface area contributed by atoms with Crippen LogP contribution in [-0.2, 0) is 9.47 Å². The van der Waals surface area contributed by atoms with Crippen LogP contribution in [0, 0.1) is 0 Å². The first-order valence-electron chi connectivity index (χ1n) is 6.04. The Labute approximate surface area is 103 Å². The van der Waals surface area contributed by atoms with Gasteiger partial charge in [0.15, 0.2) is 0 Å². The van der Waals surface area contributed by atoms with E-state index in [9.17, 15) is 0 Å². The third-order valence-electron chi connectivity index (χ3n) is 2.54. The standard InChI is InChI=1S/C13H22N2O2/c1-12(13-4-6-14-7-5-13)15-8-11-17-10-3-9-16-2/h4-7,12,15H,3,8-11H2,1-2H3/t12-/m0/s1. The van der Waals surface area contributed by atoms with E-state index in [2.05, 4.69) is 17.2 Å². The maximum absolute atomic E-state index is 5.47. The van der Waals surface area contributed by atoms with Crippen LogP contribution in [0.25, 0.3) is 0 Å². The molecule has 0 aliphatic heterocycles. The number of hydrogen-bond acceptors (Lipinski definition) is 4. The van der Waals surface area contributed by atoms with E-state index in [0.717, 1.165) is 32.8 Å². The lowest BCUT2D eigenvalue weighted by atomic mass is 10.1. The molecular weight excluding hydrogens is 216 g/mol. The van der Waals surface area contributed by atoms with Gasteiger partial charge in [0.25, 0.3) is 0 Å². The topological polar surface area (TPSA) is 43.4 Å². The summed E-state index contributed by atoms with van der Waals surface area (Å²) in [5, 5.41) is 3.41. The van der Waals surface area contributed by atoms with E-state index < -0.39 is 0 Å². The van der Waals surface area contributed by atoms with Crippen molar-refractivity contribution in [2.24, 2.45) is 0 Å². The van der Waals surface area contributed by atoms with Gasteiger partial charge in [-0.2, -0.15) is 0 Å². The molecule has 0 aromatic carbocycles. The monoisotopic (exact) mass is 238 g/mol. The molecular formula is C13H22N2O2. The zero-order chi connectivity index (χ0) is 12.3. The zero-order valence-corrected chi connectivity index (χ0v) is 10.7. The maximum Gasteiger partial charge on any atom is 0.0591 e. The molecule has 1 atom stereocenters.